The van der Waals surface area contributed by atoms with Crippen LogP contribution in [0.1, 0.15) is 48.9 Å². The Morgan fingerprint density at radius 1 is 1.16 bits per heavy atom. The topological polar surface area (TPSA) is 64.9 Å². The first-order valence-electron chi connectivity index (χ1n) is 6.48. The van der Waals surface area contributed by atoms with E-state index in [1.54, 1.807) is 0 Å². The Labute approximate surface area is 118 Å². The molecule has 0 saturated heterocycles. The van der Waals surface area contributed by atoms with Crippen molar-refractivity contribution in [2.75, 3.05) is 5.73 Å². The number of nitrogens with zero attached hydrogens (tertiary/aromatic N) is 2. The van der Waals surface area contributed by atoms with Gasteiger partial charge in [0.15, 0.2) is 5.82 Å². The van der Waals surface area contributed by atoms with Gasteiger partial charge in [0.2, 0.25) is 5.89 Å². The Hall–Kier alpha value is -1.55. The fourth-order valence-electron chi connectivity index (χ4n) is 2.50. The molecule has 1 aromatic heterocycles. The highest BCUT2D eigenvalue weighted by atomic mass is 35.5. The quantitative estimate of drug-likeness (QED) is 0.876. The van der Waals surface area contributed by atoms with E-state index in [4.69, 9.17) is 10.3 Å². The molecule has 0 atom stereocenters. The van der Waals surface area contributed by atoms with Gasteiger partial charge in [-0.05, 0) is 30.5 Å². The van der Waals surface area contributed by atoms with Crippen molar-refractivity contribution in [3.05, 3.63) is 41.5 Å². The Kier molecular flexibility index (Phi) is 4.43. The Morgan fingerprint density at radius 3 is 2.53 bits per heavy atom. The van der Waals surface area contributed by atoms with Gasteiger partial charge in [0.25, 0.3) is 0 Å². The minimum Gasteiger partial charge on any atom is -0.399 e. The first-order chi connectivity index (χ1) is 8.81. The average Bonchev–Trinajstić information content (AvgIpc) is 3.02. The third-order valence-corrected chi connectivity index (χ3v) is 3.54. The van der Waals surface area contributed by atoms with Gasteiger partial charge >= 0.3 is 0 Å². The highest BCUT2D eigenvalue weighted by Crippen LogP contribution is 2.32. The molecule has 102 valence electrons. The Bertz CT molecular complexity index is 518. The maximum absolute atomic E-state index is 5.66. The van der Waals surface area contributed by atoms with Crippen LogP contribution in [0.15, 0.2) is 28.8 Å². The van der Waals surface area contributed by atoms with E-state index in [9.17, 15) is 0 Å². The molecule has 0 spiro atoms. The van der Waals surface area contributed by atoms with E-state index >= 15 is 0 Å². The van der Waals surface area contributed by atoms with Crippen LogP contribution >= 0.6 is 12.4 Å². The smallest absolute Gasteiger partial charge is 0.231 e. The van der Waals surface area contributed by atoms with Gasteiger partial charge in [0, 0.05) is 11.6 Å². The minimum absolute atomic E-state index is 0. The lowest BCUT2D eigenvalue weighted by atomic mass is 10.1. The summed E-state index contributed by atoms with van der Waals surface area (Å²) < 4.78 is 5.32. The molecule has 0 aliphatic heterocycles. The molecule has 5 heteroatoms. The largest absolute Gasteiger partial charge is 0.399 e. The van der Waals surface area contributed by atoms with Gasteiger partial charge in [-0.25, -0.2) is 0 Å². The van der Waals surface area contributed by atoms with Crippen LogP contribution in [0.4, 0.5) is 5.69 Å². The van der Waals surface area contributed by atoms with Crippen molar-refractivity contribution < 1.29 is 4.52 Å². The second-order valence-corrected chi connectivity index (χ2v) is 4.95. The summed E-state index contributed by atoms with van der Waals surface area (Å²) in [7, 11) is 0. The van der Waals surface area contributed by atoms with Crippen LogP contribution < -0.4 is 5.73 Å². The Morgan fingerprint density at radius 2 is 1.84 bits per heavy atom. The second kappa shape index (κ2) is 6.06. The monoisotopic (exact) mass is 279 g/mol. The molecule has 0 amide bonds. The van der Waals surface area contributed by atoms with Crippen molar-refractivity contribution in [2.24, 2.45) is 0 Å². The van der Waals surface area contributed by atoms with Crippen LogP contribution in [-0.4, -0.2) is 10.1 Å². The summed E-state index contributed by atoms with van der Waals surface area (Å²) >= 11 is 0. The van der Waals surface area contributed by atoms with Crippen molar-refractivity contribution >= 4 is 18.1 Å². The van der Waals surface area contributed by atoms with E-state index in [0.29, 0.717) is 18.2 Å². The molecule has 1 aromatic carbocycles. The molecule has 1 aliphatic carbocycles. The number of nitrogens with two attached hydrogens (primary N) is 1. The summed E-state index contributed by atoms with van der Waals surface area (Å²) in [5.41, 5.74) is 7.57. The number of nitrogen functional groups attached to an aromatic ring is 1. The zero-order chi connectivity index (χ0) is 12.4. The van der Waals surface area contributed by atoms with Gasteiger partial charge < -0.3 is 10.3 Å². The zero-order valence-corrected chi connectivity index (χ0v) is 11.5. The van der Waals surface area contributed by atoms with Crippen LogP contribution in [0.3, 0.4) is 0 Å². The van der Waals surface area contributed by atoms with E-state index in [0.717, 1.165) is 17.1 Å². The number of hydrogen-bond donors (Lipinski definition) is 1. The minimum atomic E-state index is 0. The standard InChI is InChI=1S/C14H17N3O.ClH/c15-12-7-5-10(6-8-12)9-13-16-14(17-18-13)11-3-1-2-4-11;/h5-8,11H,1-4,9,15H2;1H. The number of halogens is 1. The maximum atomic E-state index is 5.66. The highest BCUT2D eigenvalue weighted by molar-refractivity contribution is 5.85. The SMILES string of the molecule is Cl.Nc1ccc(Cc2nc(C3CCCC3)no2)cc1. The lowest BCUT2D eigenvalue weighted by Crippen LogP contribution is -1.95. The molecule has 1 saturated carbocycles. The third kappa shape index (κ3) is 3.26. The van der Waals surface area contributed by atoms with E-state index in [-0.39, 0.29) is 12.4 Å². The second-order valence-electron chi connectivity index (χ2n) is 4.95. The van der Waals surface area contributed by atoms with Crippen LogP contribution in [0.2, 0.25) is 0 Å². The summed E-state index contributed by atoms with van der Waals surface area (Å²) in [6, 6.07) is 7.77. The molecule has 0 unspecified atom stereocenters. The van der Waals surface area contributed by atoms with Gasteiger partial charge in [-0.15, -0.1) is 12.4 Å². The summed E-state index contributed by atoms with van der Waals surface area (Å²) in [6.07, 6.45) is 5.64. The van der Waals surface area contributed by atoms with Gasteiger partial charge in [-0.1, -0.05) is 30.1 Å². The van der Waals surface area contributed by atoms with Crippen LogP contribution in [0.25, 0.3) is 0 Å². The van der Waals surface area contributed by atoms with Crippen molar-refractivity contribution in [1.29, 1.82) is 0 Å². The molecule has 0 radical (unpaired) electrons. The fraction of sp³-hybridized carbons (Fsp3) is 0.429. The highest BCUT2D eigenvalue weighted by Gasteiger charge is 2.22. The first-order valence-corrected chi connectivity index (χ1v) is 6.48. The van der Waals surface area contributed by atoms with Crippen molar-refractivity contribution in [3.63, 3.8) is 0 Å². The molecule has 0 bridgehead atoms. The summed E-state index contributed by atoms with van der Waals surface area (Å²) in [6.45, 7) is 0. The lowest BCUT2D eigenvalue weighted by molar-refractivity contribution is 0.375. The maximum Gasteiger partial charge on any atom is 0.231 e. The number of benzene rings is 1. The van der Waals surface area contributed by atoms with E-state index < -0.39 is 0 Å². The molecule has 2 N–H and O–H groups in total. The van der Waals surface area contributed by atoms with E-state index in [1.165, 1.54) is 25.7 Å². The molecule has 1 aliphatic rings. The van der Waals surface area contributed by atoms with Crippen molar-refractivity contribution in [2.45, 2.75) is 38.0 Å². The average molecular weight is 280 g/mol. The van der Waals surface area contributed by atoms with Gasteiger partial charge in [0.05, 0.1) is 6.42 Å². The molecular weight excluding hydrogens is 262 g/mol. The molecule has 19 heavy (non-hydrogen) atoms. The predicted molar refractivity (Wildman–Crippen MR) is 76.4 cm³/mol. The predicted octanol–water partition coefficient (Wildman–Crippen LogP) is 3.32. The third-order valence-electron chi connectivity index (χ3n) is 3.54. The van der Waals surface area contributed by atoms with Gasteiger partial charge in [0.1, 0.15) is 0 Å². The summed E-state index contributed by atoms with van der Waals surface area (Å²) in [4.78, 5) is 4.50. The van der Waals surface area contributed by atoms with Crippen molar-refractivity contribution in [3.8, 4) is 0 Å². The lowest BCUT2D eigenvalue weighted by Gasteiger charge is -1.99. The van der Waals surface area contributed by atoms with E-state index in [1.807, 2.05) is 24.3 Å². The van der Waals surface area contributed by atoms with Crippen molar-refractivity contribution in [1.82, 2.24) is 10.1 Å². The number of hydrogen-bond acceptors (Lipinski definition) is 4. The first kappa shape index (κ1) is 13.9. The number of anilines is 1. The summed E-state index contributed by atoms with van der Waals surface area (Å²) in [5, 5.41) is 4.10. The molecule has 1 heterocycles. The summed E-state index contributed by atoms with van der Waals surface area (Å²) in [5.74, 6) is 2.09. The number of aromatic nitrogens is 2. The van der Waals surface area contributed by atoms with Crippen LogP contribution in [0, 0.1) is 0 Å². The normalized spacial score (nSPS) is 15.4. The molecule has 1 fully saturated rings. The number of rotatable bonds is 3. The fourth-order valence-corrected chi connectivity index (χ4v) is 2.50. The molecular formula is C14H18ClN3O. The van der Waals surface area contributed by atoms with Gasteiger partial charge in [-0.3, -0.25) is 0 Å². The molecule has 4 nitrogen and oxygen atoms in total. The zero-order valence-electron chi connectivity index (χ0n) is 10.7. The molecule has 3 rings (SSSR count). The molecule has 2 aromatic rings. The van der Waals surface area contributed by atoms with Crippen LogP contribution in [-0.2, 0) is 6.42 Å². The van der Waals surface area contributed by atoms with Crippen LogP contribution in [0.5, 0.6) is 0 Å². The Balaban J connectivity index is 0.00000133. The van der Waals surface area contributed by atoms with Gasteiger partial charge in [-0.2, -0.15) is 4.98 Å². The van der Waals surface area contributed by atoms with E-state index in [2.05, 4.69) is 10.1 Å².